The van der Waals surface area contributed by atoms with Crippen molar-refractivity contribution in [2.75, 3.05) is 36.5 Å². The van der Waals surface area contributed by atoms with Crippen LogP contribution in [0.2, 0.25) is 0 Å². The van der Waals surface area contributed by atoms with Crippen molar-refractivity contribution in [3.05, 3.63) is 72.2 Å². The van der Waals surface area contributed by atoms with Gasteiger partial charge in [0, 0.05) is 54.2 Å². The van der Waals surface area contributed by atoms with Crippen LogP contribution in [0, 0.1) is 0 Å². The molecule has 2 aliphatic rings. The minimum atomic E-state index is -0.963. The van der Waals surface area contributed by atoms with E-state index in [1.54, 1.807) is 20.0 Å². The molecular weight excluding hydrogens is 440 g/mol. The van der Waals surface area contributed by atoms with Gasteiger partial charge in [-0.1, -0.05) is 12.1 Å². The predicted octanol–water partition coefficient (Wildman–Crippen LogP) is 4.05. The van der Waals surface area contributed by atoms with Gasteiger partial charge in [-0.2, -0.15) is 0 Å². The van der Waals surface area contributed by atoms with Crippen LogP contribution in [0.25, 0.3) is 16.9 Å². The number of hydrogen-bond acceptors (Lipinski definition) is 7. The van der Waals surface area contributed by atoms with Gasteiger partial charge >= 0.3 is 0 Å². The molecule has 2 aromatic heterocycles. The van der Waals surface area contributed by atoms with E-state index in [0.717, 1.165) is 65.7 Å². The average Bonchev–Trinajstić information content (AvgIpc) is 3.52. The normalized spacial score (nSPS) is 15.9. The highest BCUT2D eigenvalue weighted by Gasteiger charge is 2.28. The molecule has 0 radical (unpaired) electrons. The Kier molecular flexibility index (Phi) is 5.27. The molecule has 8 heteroatoms. The van der Waals surface area contributed by atoms with Crippen LogP contribution in [0.5, 0.6) is 0 Å². The van der Waals surface area contributed by atoms with Crippen molar-refractivity contribution in [3.8, 4) is 11.3 Å². The Morgan fingerprint density at radius 3 is 2.63 bits per heavy atom. The van der Waals surface area contributed by atoms with E-state index < -0.39 is 5.60 Å². The van der Waals surface area contributed by atoms with Gasteiger partial charge in [-0.3, -0.25) is 4.99 Å². The first kappa shape index (κ1) is 21.8. The molecule has 2 aromatic carbocycles. The quantitative estimate of drug-likeness (QED) is 0.460. The molecule has 0 bridgehead atoms. The summed E-state index contributed by atoms with van der Waals surface area (Å²) in [5, 5.41) is 13.9. The van der Waals surface area contributed by atoms with Crippen LogP contribution in [0.4, 0.5) is 17.2 Å². The zero-order valence-corrected chi connectivity index (χ0v) is 19.9. The van der Waals surface area contributed by atoms with Crippen molar-refractivity contribution in [3.63, 3.8) is 0 Å². The minimum Gasteiger partial charge on any atom is -0.384 e. The van der Waals surface area contributed by atoms with Crippen LogP contribution >= 0.6 is 0 Å². The van der Waals surface area contributed by atoms with E-state index in [-0.39, 0.29) is 0 Å². The SMILES string of the molecule is CC(C)(O)C1=NCc2cc(-c3cn4ccnc4c(Nc4ccc(N5CCOCC5)cc4)n3)ccc21. The van der Waals surface area contributed by atoms with Crippen LogP contribution in [-0.2, 0) is 11.3 Å². The number of fused-ring (bicyclic) bond motifs is 2. The van der Waals surface area contributed by atoms with Gasteiger partial charge in [0.25, 0.3) is 0 Å². The number of ether oxygens (including phenoxy) is 1. The fourth-order valence-corrected chi connectivity index (χ4v) is 4.76. The standard InChI is InChI=1S/C27H28N6O2/c1-27(2,34)24-22-8-3-18(15-19(22)16-29-24)23-17-33-10-9-28-26(33)25(31-23)30-20-4-6-21(7-5-20)32-11-13-35-14-12-32/h3-10,15,17,34H,11-14,16H2,1-2H3,(H,30,31). The Morgan fingerprint density at radius 2 is 1.86 bits per heavy atom. The largest absolute Gasteiger partial charge is 0.384 e. The third-order valence-corrected chi connectivity index (χ3v) is 6.52. The molecule has 178 valence electrons. The number of benzene rings is 2. The number of aliphatic hydroxyl groups is 1. The highest BCUT2D eigenvalue weighted by atomic mass is 16.5. The summed E-state index contributed by atoms with van der Waals surface area (Å²) in [6.45, 7) is 7.47. The van der Waals surface area contributed by atoms with E-state index >= 15 is 0 Å². The van der Waals surface area contributed by atoms with Gasteiger partial charge in [0.15, 0.2) is 11.5 Å². The summed E-state index contributed by atoms with van der Waals surface area (Å²) >= 11 is 0. The third-order valence-electron chi connectivity index (χ3n) is 6.52. The number of aromatic nitrogens is 3. The molecule has 1 saturated heterocycles. The Bertz CT molecular complexity index is 1410. The molecule has 4 aromatic rings. The zero-order valence-electron chi connectivity index (χ0n) is 19.9. The first-order valence-electron chi connectivity index (χ1n) is 11.9. The molecule has 2 N–H and O–H groups in total. The molecule has 0 aliphatic carbocycles. The van der Waals surface area contributed by atoms with E-state index in [9.17, 15) is 5.11 Å². The van der Waals surface area contributed by atoms with Crippen LogP contribution in [0.3, 0.4) is 0 Å². The van der Waals surface area contributed by atoms with E-state index in [0.29, 0.717) is 12.4 Å². The second-order valence-electron chi connectivity index (χ2n) is 9.50. The molecule has 2 aliphatic heterocycles. The number of anilines is 3. The average molecular weight is 469 g/mol. The fourth-order valence-electron chi connectivity index (χ4n) is 4.76. The summed E-state index contributed by atoms with van der Waals surface area (Å²) < 4.78 is 7.45. The predicted molar refractivity (Wildman–Crippen MR) is 138 cm³/mol. The highest BCUT2D eigenvalue weighted by molar-refractivity contribution is 6.09. The van der Waals surface area contributed by atoms with Crippen LogP contribution in [0.1, 0.15) is 25.0 Å². The van der Waals surface area contributed by atoms with Crippen molar-refractivity contribution in [1.29, 1.82) is 0 Å². The van der Waals surface area contributed by atoms with Crippen molar-refractivity contribution in [1.82, 2.24) is 14.4 Å². The van der Waals surface area contributed by atoms with Crippen molar-refractivity contribution >= 4 is 28.6 Å². The molecule has 4 heterocycles. The lowest BCUT2D eigenvalue weighted by Gasteiger charge is -2.28. The lowest BCUT2D eigenvalue weighted by Crippen LogP contribution is -2.36. The second-order valence-corrected chi connectivity index (χ2v) is 9.50. The Balaban J connectivity index is 1.30. The molecule has 0 amide bonds. The topological polar surface area (TPSA) is 87.3 Å². The maximum absolute atomic E-state index is 10.4. The van der Waals surface area contributed by atoms with Gasteiger partial charge in [-0.15, -0.1) is 0 Å². The number of hydrogen-bond donors (Lipinski definition) is 2. The molecular formula is C27H28N6O2. The highest BCUT2D eigenvalue weighted by Crippen LogP contribution is 2.31. The van der Waals surface area contributed by atoms with Crippen LogP contribution in [0.15, 0.2) is 66.0 Å². The monoisotopic (exact) mass is 468 g/mol. The molecule has 6 rings (SSSR count). The number of rotatable bonds is 5. The maximum Gasteiger partial charge on any atom is 0.180 e. The lowest BCUT2D eigenvalue weighted by atomic mass is 9.93. The van der Waals surface area contributed by atoms with Gasteiger partial charge in [-0.05, 0) is 49.7 Å². The number of aliphatic imine (C=N–C) groups is 1. The Hall–Kier alpha value is -3.75. The number of morpholine rings is 1. The molecule has 35 heavy (non-hydrogen) atoms. The Labute approximate surface area is 203 Å². The first-order chi connectivity index (χ1) is 17.0. The summed E-state index contributed by atoms with van der Waals surface area (Å²) in [5.74, 6) is 0.695. The molecule has 0 saturated carbocycles. The number of imidazole rings is 1. The summed E-state index contributed by atoms with van der Waals surface area (Å²) in [6.07, 6.45) is 5.69. The van der Waals surface area contributed by atoms with E-state index in [4.69, 9.17) is 9.72 Å². The summed E-state index contributed by atoms with van der Waals surface area (Å²) in [4.78, 5) is 16.3. The van der Waals surface area contributed by atoms with E-state index in [1.165, 1.54) is 5.69 Å². The van der Waals surface area contributed by atoms with Gasteiger partial charge in [0.1, 0.15) is 5.60 Å². The van der Waals surface area contributed by atoms with Crippen LogP contribution in [-0.4, -0.2) is 57.1 Å². The number of nitrogens with zero attached hydrogens (tertiary/aromatic N) is 5. The molecule has 1 fully saturated rings. The minimum absolute atomic E-state index is 0.566. The molecule has 0 unspecified atom stereocenters. The van der Waals surface area contributed by atoms with E-state index in [2.05, 4.69) is 50.5 Å². The van der Waals surface area contributed by atoms with Crippen molar-refractivity contribution in [2.24, 2.45) is 4.99 Å². The van der Waals surface area contributed by atoms with Crippen molar-refractivity contribution < 1.29 is 9.84 Å². The van der Waals surface area contributed by atoms with Gasteiger partial charge in [-0.25, -0.2) is 9.97 Å². The first-order valence-corrected chi connectivity index (χ1v) is 11.9. The lowest BCUT2D eigenvalue weighted by molar-refractivity contribution is 0.122. The molecule has 8 nitrogen and oxygen atoms in total. The van der Waals surface area contributed by atoms with Gasteiger partial charge in [0.05, 0.1) is 31.2 Å². The molecule has 0 atom stereocenters. The van der Waals surface area contributed by atoms with Crippen molar-refractivity contribution in [2.45, 2.75) is 26.0 Å². The van der Waals surface area contributed by atoms with E-state index in [1.807, 2.05) is 28.9 Å². The smallest absolute Gasteiger partial charge is 0.180 e. The summed E-state index contributed by atoms with van der Waals surface area (Å²) in [5.41, 5.74) is 6.62. The van der Waals surface area contributed by atoms with Crippen LogP contribution < -0.4 is 10.2 Å². The van der Waals surface area contributed by atoms with Gasteiger partial charge < -0.3 is 24.5 Å². The Morgan fingerprint density at radius 1 is 1.06 bits per heavy atom. The third kappa shape index (κ3) is 4.15. The molecule has 0 spiro atoms. The second kappa shape index (κ2) is 8.48. The summed E-state index contributed by atoms with van der Waals surface area (Å²) in [6, 6.07) is 14.6. The number of nitrogens with one attached hydrogen (secondary N) is 1. The fraction of sp³-hybridized carbons (Fsp3) is 0.296. The van der Waals surface area contributed by atoms with Gasteiger partial charge in [0.2, 0.25) is 0 Å². The summed E-state index contributed by atoms with van der Waals surface area (Å²) in [7, 11) is 0. The maximum atomic E-state index is 10.4. The zero-order chi connectivity index (χ0) is 24.0.